The molecule has 0 aliphatic heterocycles. The van der Waals surface area contributed by atoms with Crippen LogP contribution in [0.3, 0.4) is 0 Å². The van der Waals surface area contributed by atoms with E-state index in [1.165, 1.54) is 0 Å². The molecule has 78 valence electrons. The number of aliphatic hydroxyl groups is 1. The molecule has 0 saturated heterocycles. The summed E-state index contributed by atoms with van der Waals surface area (Å²) < 4.78 is 71.2. The van der Waals surface area contributed by atoms with Gasteiger partial charge in [0, 0.05) is 0 Å². The Morgan fingerprint density at radius 1 is 0.923 bits per heavy atom. The smallest absolute Gasteiger partial charge is 0.389 e. The second-order valence-electron chi connectivity index (χ2n) is 3.12. The van der Waals surface area contributed by atoms with Crippen LogP contribution in [0.5, 0.6) is 0 Å². The van der Waals surface area contributed by atoms with Crippen LogP contribution >= 0.6 is 0 Å². The maximum atomic E-state index is 11.9. The van der Waals surface area contributed by atoms with E-state index < -0.39 is 36.7 Å². The molecule has 1 fully saturated rings. The molecule has 7 heteroatoms. The molecule has 1 nitrogen and oxygen atoms in total. The maximum Gasteiger partial charge on any atom is 0.403 e. The van der Waals surface area contributed by atoms with Crippen LogP contribution in [0.2, 0.25) is 0 Å². The summed E-state index contributed by atoms with van der Waals surface area (Å²) in [5, 5.41) is 8.82. The molecule has 0 atom stereocenters. The summed E-state index contributed by atoms with van der Waals surface area (Å²) in [7, 11) is 0. The van der Waals surface area contributed by atoms with Crippen molar-refractivity contribution in [2.45, 2.75) is 30.8 Å². The molecule has 0 aromatic rings. The molecule has 0 amide bonds. The molecule has 1 N–H and O–H groups in total. The lowest BCUT2D eigenvalue weighted by Crippen LogP contribution is -2.46. The summed E-state index contributed by atoms with van der Waals surface area (Å²) in [6.45, 7) is 0. The lowest BCUT2D eigenvalue weighted by molar-refractivity contribution is -0.311. The third-order valence-electron chi connectivity index (χ3n) is 1.95. The van der Waals surface area contributed by atoms with E-state index in [0.29, 0.717) is 0 Å². The van der Waals surface area contributed by atoms with E-state index in [1.54, 1.807) is 0 Å². The fourth-order valence-electron chi connectivity index (χ4n) is 1.21. The van der Waals surface area contributed by atoms with Crippen molar-refractivity contribution in [1.29, 1.82) is 0 Å². The van der Waals surface area contributed by atoms with Gasteiger partial charge in [-0.1, -0.05) is 0 Å². The Morgan fingerprint density at radius 3 is 1.31 bits per heavy atom. The topological polar surface area (TPSA) is 20.2 Å². The first-order valence-electron chi connectivity index (χ1n) is 3.43. The second-order valence-corrected chi connectivity index (χ2v) is 3.12. The first kappa shape index (κ1) is 10.6. The molecule has 0 aromatic heterocycles. The highest BCUT2D eigenvalue weighted by Gasteiger charge is 2.70. The van der Waals surface area contributed by atoms with Gasteiger partial charge >= 0.3 is 12.4 Å². The van der Waals surface area contributed by atoms with E-state index in [4.69, 9.17) is 5.11 Å². The average molecular weight is 208 g/mol. The van der Waals surface area contributed by atoms with Gasteiger partial charge in [-0.2, -0.15) is 26.3 Å². The molecule has 1 saturated carbocycles. The van der Waals surface area contributed by atoms with Crippen LogP contribution in [-0.2, 0) is 0 Å². The van der Waals surface area contributed by atoms with E-state index in [9.17, 15) is 26.3 Å². The standard InChI is InChI=1S/C6H6F6O/c7-5(8,9)3(6(10,11)12)4(13)1-2-4/h3,13H,1-2H2. The Kier molecular flexibility index (Phi) is 2.06. The van der Waals surface area contributed by atoms with Crippen molar-refractivity contribution in [3.8, 4) is 0 Å². The molecule has 13 heavy (non-hydrogen) atoms. The van der Waals surface area contributed by atoms with Gasteiger partial charge in [-0.05, 0) is 12.8 Å². The van der Waals surface area contributed by atoms with Crippen LogP contribution in [0.25, 0.3) is 0 Å². The van der Waals surface area contributed by atoms with Gasteiger partial charge in [0.25, 0.3) is 0 Å². The number of hydrogen-bond acceptors (Lipinski definition) is 1. The van der Waals surface area contributed by atoms with Gasteiger partial charge in [0.2, 0.25) is 0 Å². The van der Waals surface area contributed by atoms with Crippen LogP contribution in [0.1, 0.15) is 12.8 Å². The third kappa shape index (κ3) is 2.07. The van der Waals surface area contributed by atoms with Crippen molar-refractivity contribution >= 4 is 0 Å². The molecule has 0 unspecified atom stereocenters. The second kappa shape index (κ2) is 2.52. The molecule has 1 rings (SSSR count). The zero-order valence-corrected chi connectivity index (χ0v) is 6.21. The van der Waals surface area contributed by atoms with Crippen LogP contribution in [0, 0.1) is 5.92 Å². The lowest BCUT2D eigenvalue weighted by Gasteiger charge is -2.26. The molecule has 0 radical (unpaired) electrons. The number of hydrogen-bond donors (Lipinski definition) is 1. The Morgan fingerprint density at radius 2 is 1.23 bits per heavy atom. The van der Waals surface area contributed by atoms with E-state index in [0.717, 1.165) is 0 Å². The predicted octanol–water partition coefficient (Wildman–Crippen LogP) is 2.25. The number of halogens is 6. The van der Waals surface area contributed by atoms with E-state index in [1.807, 2.05) is 0 Å². The fraction of sp³-hybridized carbons (Fsp3) is 1.00. The molecular weight excluding hydrogens is 202 g/mol. The Bertz CT molecular complexity index is 179. The van der Waals surface area contributed by atoms with Crippen molar-refractivity contribution < 1.29 is 31.4 Å². The molecule has 1 aliphatic rings. The first-order chi connectivity index (χ1) is 5.57. The first-order valence-corrected chi connectivity index (χ1v) is 3.43. The zero-order valence-electron chi connectivity index (χ0n) is 6.21. The predicted molar refractivity (Wildman–Crippen MR) is 29.8 cm³/mol. The lowest BCUT2D eigenvalue weighted by atomic mass is 9.99. The van der Waals surface area contributed by atoms with Gasteiger partial charge in [0.15, 0.2) is 5.92 Å². The van der Waals surface area contributed by atoms with Gasteiger partial charge in [-0.15, -0.1) is 0 Å². The molecular formula is C6H6F6O. The summed E-state index contributed by atoms with van der Waals surface area (Å²) in [5.74, 6) is -3.60. The minimum atomic E-state index is -5.43. The largest absolute Gasteiger partial charge is 0.403 e. The monoisotopic (exact) mass is 208 g/mol. The van der Waals surface area contributed by atoms with Gasteiger partial charge < -0.3 is 5.11 Å². The Balaban J connectivity index is 2.91. The van der Waals surface area contributed by atoms with Crippen molar-refractivity contribution in [2.75, 3.05) is 0 Å². The highest BCUT2D eigenvalue weighted by molar-refractivity contribution is 5.04. The van der Waals surface area contributed by atoms with Gasteiger partial charge in [-0.3, -0.25) is 0 Å². The summed E-state index contributed by atoms with van der Waals surface area (Å²) in [5.41, 5.74) is -2.61. The van der Waals surface area contributed by atoms with Gasteiger partial charge in [-0.25, -0.2) is 0 Å². The van der Waals surface area contributed by atoms with Crippen molar-refractivity contribution in [2.24, 2.45) is 5.92 Å². The van der Waals surface area contributed by atoms with Crippen LogP contribution in [0.4, 0.5) is 26.3 Å². The van der Waals surface area contributed by atoms with Crippen LogP contribution < -0.4 is 0 Å². The Hall–Kier alpha value is -0.460. The van der Waals surface area contributed by atoms with Crippen molar-refractivity contribution in [3.05, 3.63) is 0 Å². The van der Waals surface area contributed by atoms with Crippen molar-refractivity contribution in [3.63, 3.8) is 0 Å². The minimum absolute atomic E-state index is 0.448. The summed E-state index contributed by atoms with van der Waals surface area (Å²) >= 11 is 0. The fourth-order valence-corrected chi connectivity index (χ4v) is 1.21. The highest BCUT2D eigenvalue weighted by Crippen LogP contribution is 2.55. The zero-order chi connectivity index (χ0) is 10.5. The Labute approximate surface area is 69.3 Å². The van der Waals surface area contributed by atoms with E-state index >= 15 is 0 Å². The molecule has 0 bridgehead atoms. The number of alkyl halides is 6. The van der Waals surface area contributed by atoms with Crippen LogP contribution in [0.15, 0.2) is 0 Å². The molecule has 0 spiro atoms. The summed E-state index contributed by atoms with van der Waals surface area (Å²) in [6, 6.07) is 0. The summed E-state index contributed by atoms with van der Waals surface area (Å²) in [6.07, 6.45) is -11.7. The van der Waals surface area contributed by atoms with Crippen molar-refractivity contribution in [1.82, 2.24) is 0 Å². The molecule has 0 heterocycles. The SMILES string of the molecule is OC1(C(C(F)(F)F)C(F)(F)F)CC1. The summed E-state index contributed by atoms with van der Waals surface area (Å²) in [4.78, 5) is 0. The quantitative estimate of drug-likeness (QED) is 0.655. The van der Waals surface area contributed by atoms with E-state index in [-0.39, 0.29) is 0 Å². The molecule has 1 aliphatic carbocycles. The third-order valence-corrected chi connectivity index (χ3v) is 1.95. The number of rotatable bonds is 1. The molecule has 0 aromatic carbocycles. The highest BCUT2D eigenvalue weighted by atomic mass is 19.4. The normalized spacial score (nSPS) is 22.2. The maximum absolute atomic E-state index is 11.9. The average Bonchev–Trinajstić information content (AvgIpc) is 2.37. The van der Waals surface area contributed by atoms with Crippen LogP contribution in [-0.4, -0.2) is 23.1 Å². The van der Waals surface area contributed by atoms with E-state index in [2.05, 4.69) is 0 Å². The minimum Gasteiger partial charge on any atom is -0.389 e. The van der Waals surface area contributed by atoms with Gasteiger partial charge in [0.05, 0.1) is 5.60 Å². The van der Waals surface area contributed by atoms with Gasteiger partial charge in [0.1, 0.15) is 0 Å².